The fraction of sp³-hybridized carbons (Fsp3) is 0.667. The first-order valence-electron chi connectivity index (χ1n) is 8.68. The minimum absolute atomic E-state index is 0.171. The topological polar surface area (TPSA) is 40.6 Å². The Labute approximate surface area is 140 Å². The van der Waals surface area contributed by atoms with Crippen molar-refractivity contribution in [2.75, 3.05) is 31.9 Å². The number of aryl methyl sites for hydroxylation is 1. The summed E-state index contributed by atoms with van der Waals surface area (Å²) in [5.41, 5.74) is 2.83. The van der Waals surface area contributed by atoms with Crippen LogP contribution in [0.3, 0.4) is 0 Å². The summed E-state index contributed by atoms with van der Waals surface area (Å²) < 4.78 is 26.0. The van der Waals surface area contributed by atoms with Crippen LogP contribution in [0.4, 0.5) is 0 Å². The number of sulfonamides is 1. The predicted octanol–water partition coefficient (Wildman–Crippen LogP) is 2.63. The van der Waals surface area contributed by atoms with E-state index in [1.54, 1.807) is 11.2 Å². The second kappa shape index (κ2) is 6.54. The number of rotatable bonds is 4. The zero-order chi connectivity index (χ0) is 16.5. The van der Waals surface area contributed by atoms with Crippen LogP contribution in [-0.2, 0) is 16.6 Å². The summed E-state index contributed by atoms with van der Waals surface area (Å²) in [6.07, 6.45) is 3.34. The van der Waals surface area contributed by atoms with E-state index in [4.69, 9.17) is 0 Å². The highest BCUT2D eigenvalue weighted by Crippen LogP contribution is 2.40. The monoisotopic (exact) mass is 336 g/mol. The van der Waals surface area contributed by atoms with Gasteiger partial charge in [-0.05, 0) is 50.6 Å². The second-order valence-corrected chi connectivity index (χ2v) is 9.54. The highest BCUT2D eigenvalue weighted by atomic mass is 32.2. The molecule has 2 aliphatic rings. The minimum atomic E-state index is -3.04. The SMILES string of the molecule is CCS(=O)(=O)N1CCC2(CCCN(Cc3cccc(C)c3)C2)C1. The molecule has 2 aliphatic heterocycles. The molecule has 0 saturated carbocycles. The molecule has 0 N–H and O–H groups in total. The van der Waals surface area contributed by atoms with Gasteiger partial charge in [0.25, 0.3) is 0 Å². The van der Waals surface area contributed by atoms with E-state index in [-0.39, 0.29) is 11.2 Å². The average Bonchev–Trinajstić information content (AvgIpc) is 2.91. The summed E-state index contributed by atoms with van der Waals surface area (Å²) in [7, 11) is -3.04. The van der Waals surface area contributed by atoms with Crippen LogP contribution in [0.25, 0.3) is 0 Å². The maximum Gasteiger partial charge on any atom is 0.213 e. The molecule has 5 heteroatoms. The van der Waals surface area contributed by atoms with Crippen molar-refractivity contribution in [2.45, 2.75) is 39.7 Å². The fourth-order valence-corrected chi connectivity index (χ4v) is 5.37. The van der Waals surface area contributed by atoms with Gasteiger partial charge in [-0.1, -0.05) is 29.8 Å². The first-order valence-corrected chi connectivity index (χ1v) is 10.3. The van der Waals surface area contributed by atoms with Crippen molar-refractivity contribution in [1.82, 2.24) is 9.21 Å². The molecule has 0 bridgehead atoms. The maximum atomic E-state index is 12.1. The number of nitrogens with zero attached hydrogens (tertiary/aromatic N) is 2. The Morgan fingerprint density at radius 2 is 2.00 bits per heavy atom. The molecule has 1 aromatic rings. The average molecular weight is 337 g/mol. The van der Waals surface area contributed by atoms with Crippen molar-refractivity contribution >= 4 is 10.0 Å². The van der Waals surface area contributed by atoms with E-state index in [0.29, 0.717) is 13.1 Å². The first-order chi connectivity index (χ1) is 10.9. The van der Waals surface area contributed by atoms with Crippen molar-refractivity contribution in [2.24, 2.45) is 5.41 Å². The lowest BCUT2D eigenvalue weighted by Gasteiger charge is -2.40. The van der Waals surface area contributed by atoms with Crippen LogP contribution in [0.2, 0.25) is 0 Å². The summed E-state index contributed by atoms with van der Waals surface area (Å²) in [6, 6.07) is 8.70. The van der Waals surface area contributed by atoms with Gasteiger partial charge in [0.1, 0.15) is 0 Å². The van der Waals surface area contributed by atoms with Crippen molar-refractivity contribution in [3.05, 3.63) is 35.4 Å². The summed E-state index contributed by atoms with van der Waals surface area (Å²) >= 11 is 0. The largest absolute Gasteiger partial charge is 0.298 e. The van der Waals surface area contributed by atoms with Crippen molar-refractivity contribution in [1.29, 1.82) is 0 Å². The van der Waals surface area contributed by atoms with E-state index in [1.807, 2.05) is 0 Å². The second-order valence-electron chi connectivity index (χ2n) is 7.29. The van der Waals surface area contributed by atoms with Crippen molar-refractivity contribution in [3.8, 4) is 0 Å². The molecule has 0 radical (unpaired) electrons. The van der Waals surface area contributed by atoms with Gasteiger partial charge < -0.3 is 0 Å². The molecule has 1 atom stereocenters. The number of benzene rings is 1. The zero-order valence-electron chi connectivity index (χ0n) is 14.3. The van der Waals surface area contributed by atoms with Gasteiger partial charge in [0, 0.05) is 26.2 Å². The standard InChI is InChI=1S/C18H28N2O2S/c1-3-23(21,22)20-11-9-18(15-20)8-5-10-19(14-18)13-17-7-4-6-16(2)12-17/h4,6-7,12H,3,5,8-11,13-15H2,1-2H3. The van der Waals surface area contributed by atoms with Crippen LogP contribution < -0.4 is 0 Å². The van der Waals surface area contributed by atoms with Gasteiger partial charge in [0.05, 0.1) is 5.75 Å². The Bertz CT molecular complexity index is 659. The van der Waals surface area contributed by atoms with E-state index < -0.39 is 10.0 Å². The molecular weight excluding hydrogens is 308 g/mol. The number of piperidine rings is 1. The van der Waals surface area contributed by atoms with Gasteiger partial charge in [-0.15, -0.1) is 0 Å². The molecule has 1 aromatic carbocycles. The molecule has 1 unspecified atom stereocenters. The Hall–Kier alpha value is -0.910. The third kappa shape index (κ3) is 3.78. The van der Waals surface area contributed by atoms with Crippen LogP contribution in [0.1, 0.15) is 37.3 Å². The van der Waals surface area contributed by atoms with E-state index in [2.05, 4.69) is 36.1 Å². The zero-order valence-corrected chi connectivity index (χ0v) is 15.1. The quantitative estimate of drug-likeness (QED) is 0.849. The van der Waals surface area contributed by atoms with Crippen molar-refractivity contribution in [3.63, 3.8) is 0 Å². The van der Waals surface area contributed by atoms with E-state index in [1.165, 1.54) is 17.5 Å². The van der Waals surface area contributed by atoms with Gasteiger partial charge >= 0.3 is 0 Å². The Morgan fingerprint density at radius 1 is 1.17 bits per heavy atom. The van der Waals surface area contributed by atoms with E-state index in [0.717, 1.165) is 32.5 Å². The molecule has 0 amide bonds. The molecule has 128 valence electrons. The molecule has 0 aliphatic carbocycles. The predicted molar refractivity (Wildman–Crippen MR) is 93.8 cm³/mol. The highest BCUT2D eigenvalue weighted by Gasteiger charge is 2.44. The van der Waals surface area contributed by atoms with E-state index in [9.17, 15) is 8.42 Å². The lowest BCUT2D eigenvalue weighted by atomic mass is 9.79. The van der Waals surface area contributed by atoms with Crippen LogP contribution in [0.15, 0.2) is 24.3 Å². The Kier molecular flexibility index (Phi) is 4.81. The molecule has 0 aromatic heterocycles. The molecule has 23 heavy (non-hydrogen) atoms. The van der Waals surface area contributed by atoms with Gasteiger partial charge in [-0.25, -0.2) is 12.7 Å². The molecular formula is C18H28N2O2S. The molecule has 2 fully saturated rings. The first kappa shape index (κ1) is 16.9. The summed E-state index contributed by atoms with van der Waals surface area (Å²) in [5.74, 6) is 0.218. The van der Waals surface area contributed by atoms with Gasteiger partial charge in [-0.2, -0.15) is 0 Å². The van der Waals surface area contributed by atoms with Gasteiger partial charge in [0.2, 0.25) is 10.0 Å². The molecule has 2 heterocycles. The van der Waals surface area contributed by atoms with Crippen LogP contribution in [0, 0.1) is 12.3 Å². The normalized spacial score (nSPS) is 26.9. The van der Waals surface area contributed by atoms with Gasteiger partial charge in [0.15, 0.2) is 0 Å². The van der Waals surface area contributed by atoms with Crippen molar-refractivity contribution < 1.29 is 8.42 Å². The number of hydrogen-bond donors (Lipinski definition) is 0. The molecule has 2 saturated heterocycles. The Morgan fingerprint density at radius 3 is 2.74 bits per heavy atom. The van der Waals surface area contributed by atoms with Crippen LogP contribution in [0.5, 0.6) is 0 Å². The third-order valence-corrected chi connectivity index (χ3v) is 7.22. The third-order valence-electron chi connectivity index (χ3n) is 5.39. The molecule has 3 rings (SSSR count). The maximum absolute atomic E-state index is 12.1. The highest BCUT2D eigenvalue weighted by molar-refractivity contribution is 7.89. The summed E-state index contributed by atoms with van der Waals surface area (Å²) in [5, 5.41) is 0. The fourth-order valence-electron chi connectivity index (χ4n) is 4.16. The van der Waals surface area contributed by atoms with Crippen LogP contribution in [-0.4, -0.2) is 49.6 Å². The minimum Gasteiger partial charge on any atom is -0.298 e. The van der Waals surface area contributed by atoms with E-state index >= 15 is 0 Å². The number of hydrogen-bond acceptors (Lipinski definition) is 3. The van der Waals surface area contributed by atoms with Gasteiger partial charge in [-0.3, -0.25) is 4.90 Å². The molecule has 1 spiro atoms. The summed E-state index contributed by atoms with van der Waals surface area (Å²) in [6.45, 7) is 8.41. The Balaban J connectivity index is 1.67. The molecule has 4 nitrogen and oxygen atoms in total. The lowest BCUT2D eigenvalue weighted by Crippen LogP contribution is -2.45. The lowest BCUT2D eigenvalue weighted by molar-refractivity contribution is 0.0935. The number of likely N-dealkylation sites (tertiary alicyclic amines) is 1. The van der Waals surface area contributed by atoms with Crippen LogP contribution >= 0.6 is 0 Å². The summed E-state index contributed by atoms with van der Waals surface area (Å²) in [4.78, 5) is 2.51. The smallest absolute Gasteiger partial charge is 0.213 e.